The Kier molecular flexibility index (Phi) is 5.69. The van der Waals surface area contributed by atoms with E-state index >= 15 is 0 Å². The minimum atomic E-state index is -0.405. The number of hydrogen-bond donors (Lipinski definition) is 0. The molecule has 1 fully saturated rings. The van der Waals surface area contributed by atoms with Gasteiger partial charge in [-0.2, -0.15) is 0 Å². The zero-order valence-electron chi connectivity index (χ0n) is 14.2. The highest BCUT2D eigenvalue weighted by Crippen LogP contribution is 2.28. The van der Waals surface area contributed by atoms with Gasteiger partial charge in [0.15, 0.2) is 0 Å². The van der Waals surface area contributed by atoms with E-state index in [9.17, 15) is 9.59 Å². The molecule has 1 heterocycles. The van der Waals surface area contributed by atoms with Crippen LogP contribution in [0, 0.1) is 0 Å². The molecule has 2 aromatic rings. The lowest BCUT2D eigenvalue weighted by Crippen LogP contribution is -2.48. The molecule has 0 bridgehead atoms. The molecule has 0 N–H and O–H groups in total. The average Bonchev–Trinajstić information content (AvgIpc) is 2.67. The minimum Gasteiger partial charge on any atom is -0.465 e. The molecule has 7 heteroatoms. The van der Waals surface area contributed by atoms with Crippen molar-refractivity contribution in [2.75, 3.05) is 38.2 Å². The van der Waals surface area contributed by atoms with E-state index in [2.05, 4.69) is 4.90 Å². The Labute approximate surface area is 162 Å². The van der Waals surface area contributed by atoms with Crippen LogP contribution in [0.5, 0.6) is 0 Å². The number of carbonyl (C=O) groups is 2. The summed E-state index contributed by atoms with van der Waals surface area (Å²) in [5.41, 5.74) is 1.80. The van der Waals surface area contributed by atoms with Crippen LogP contribution in [0.1, 0.15) is 20.7 Å². The lowest BCUT2D eigenvalue weighted by atomic mass is 10.1. The van der Waals surface area contributed by atoms with Gasteiger partial charge in [-0.05, 0) is 36.4 Å². The van der Waals surface area contributed by atoms with E-state index in [1.807, 2.05) is 0 Å². The van der Waals surface area contributed by atoms with Crippen molar-refractivity contribution < 1.29 is 14.3 Å². The first-order valence-corrected chi connectivity index (χ1v) is 8.93. The van der Waals surface area contributed by atoms with E-state index in [-0.39, 0.29) is 5.91 Å². The van der Waals surface area contributed by atoms with E-state index in [1.54, 1.807) is 47.4 Å². The summed E-state index contributed by atoms with van der Waals surface area (Å²) >= 11 is 12.3. The summed E-state index contributed by atoms with van der Waals surface area (Å²) in [6.45, 7) is 2.36. The molecule has 1 amide bonds. The van der Waals surface area contributed by atoms with E-state index in [0.29, 0.717) is 47.4 Å². The number of benzene rings is 2. The van der Waals surface area contributed by atoms with Gasteiger partial charge in [-0.15, -0.1) is 0 Å². The molecule has 0 saturated carbocycles. The molecule has 1 saturated heterocycles. The standard InChI is InChI=1S/C19H18Cl2N2O3/c1-26-19(25)14-5-6-16(21)17(12-14)22-7-9-23(10-8-22)18(24)13-3-2-4-15(20)11-13/h2-6,11-12H,7-10H2,1H3. The predicted octanol–water partition coefficient (Wildman–Crippen LogP) is 3.74. The van der Waals surface area contributed by atoms with Gasteiger partial charge in [-0.25, -0.2) is 4.79 Å². The van der Waals surface area contributed by atoms with E-state index in [1.165, 1.54) is 7.11 Å². The van der Waals surface area contributed by atoms with Gasteiger partial charge in [0.1, 0.15) is 0 Å². The third-order valence-corrected chi connectivity index (χ3v) is 4.90. The number of piperazine rings is 1. The number of carbonyl (C=O) groups excluding carboxylic acids is 2. The fourth-order valence-corrected chi connectivity index (χ4v) is 3.38. The van der Waals surface area contributed by atoms with Crippen LogP contribution < -0.4 is 4.90 Å². The molecular formula is C19H18Cl2N2O3. The van der Waals surface area contributed by atoms with Crippen LogP contribution in [-0.4, -0.2) is 50.1 Å². The SMILES string of the molecule is COC(=O)c1ccc(Cl)c(N2CCN(C(=O)c3cccc(Cl)c3)CC2)c1. The lowest BCUT2D eigenvalue weighted by molar-refractivity contribution is 0.0600. The number of ether oxygens (including phenoxy) is 1. The maximum atomic E-state index is 12.6. The van der Waals surface area contributed by atoms with Crippen molar-refractivity contribution in [3.63, 3.8) is 0 Å². The first-order chi connectivity index (χ1) is 12.5. The van der Waals surface area contributed by atoms with Crippen molar-refractivity contribution in [3.8, 4) is 0 Å². The van der Waals surface area contributed by atoms with Crippen molar-refractivity contribution in [2.45, 2.75) is 0 Å². The molecule has 5 nitrogen and oxygen atoms in total. The summed E-state index contributed by atoms with van der Waals surface area (Å²) in [5, 5.41) is 1.10. The molecule has 0 spiro atoms. The number of nitrogens with zero attached hydrogens (tertiary/aromatic N) is 2. The Hall–Kier alpha value is -2.24. The smallest absolute Gasteiger partial charge is 0.337 e. The normalized spacial score (nSPS) is 14.3. The zero-order chi connectivity index (χ0) is 18.7. The van der Waals surface area contributed by atoms with Crippen molar-refractivity contribution >= 4 is 40.8 Å². The number of rotatable bonds is 3. The van der Waals surface area contributed by atoms with Crippen molar-refractivity contribution in [1.82, 2.24) is 4.90 Å². The third kappa shape index (κ3) is 3.94. The number of amides is 1. The molecule has 3 rings (SSSR count). The van der Waals surface area contributed by atoms with Crippen LogP contribution in [-0.2, 0) is 4.74 Å². The number of methoxy groups -OCH3 is 1. The second-order valence-electron chi connectivity index (χ2n) is 5.95. The van der Waals surface area contributed by atoms with E-state index < -0.39 is 5.97 Å². The second kappa shape index (κ2) is 7.98. The van der Waals surface area contributed by atoms with Gasteiger partial charge in [0.2, 0.25) is 0 Å². The number of hydrogen-bond acceptors (Lipinski definition) is 4. The van der Waals surface area contributed by atoms with Gasteiger partial charge >= 0.3 is 5.97 Å². The summed E-state index contributed by atoms with van der Waals surface area (Å²) in [4.78, 5) is 28.2. The van der Waals surface area contributed by atoms with Crippen LogP contribution in [0.15, 0.2) is 42.5 Å². The van der Waals surface area contributed by atoms with Crippen molar-refractivity contribution in [1.29, 1.82) is 0 Å². The quantitative estimate of drug-likeness (QED) is 0.746. The number of halogens is 2. The molecule has 0 atom stereocenters. The second-order valence-corrected chi connectivity index (χ2v) is 6.79. The Morgan fingerprint density at radius 1 is 0.962 bits per heavy atom. The predicted molar refractivity (Wildman–Crippen MR) is 102 cm³/mol. The van der Waals surface area contributed by atoms with Crippen molar-refractivity contribution in [3.05, 3.63) is 63.6 Å². The molecule has 1 aliphatic heterocycles. The molecule has 2 aromatic carbocycles. The summed E-state index contributed by atoms with van der Waals surface area (Å²) in [7, 11) is 1.34. The average molecular weight is 393 g/mol. The fraction of sp³-hybridized carbons (Fsp3) is 0.263. The van der Waals surface area contributed by atoms with Crippen LogP contribution in [0.4, 0.5) is 5.69 Å². The summed E-state index contributed by atoms with van der Waals surface area (Å²) in [6.07, 6.45) is 0. The first-order valence-electron chi connectivity index (χ1n) is 8.17. The van der Waals surface area contributed by atoms with E-state index in [0.717, 1.165) is 5.69 Å². The molecule has 0 aliphatic carbocycles. The lowest BCUT2D eigenvalue weighted by Gasteiger charge is -2.36. The molecule has 136 valence electrons. The first kappa shape index (κ1) is 18.5. The number of esters is 1. The van der Waals surface area contributed by atoms with Crippen LogP contribution in [0.3, 0.4) is 0 Å². The summed E-state index contributed by atoms with van der Waals surface area (Å²) in [5.74, 6) is -0.445. The molecule has 0 unspecified atom stereocenters. The summed E-state index contributed by atoms with van der Waals surface area (Å²) < 4.78 is 4.76. The zero-order valence-corrected chi connectivity index (χ0v) is 15.8. The van der Waals surface area contributed by atoms with Crippen LogP contribution in [0.2, 0.25) is 10.0 Å². The fourth-order valence-electron chi connectivity index (χ4n) is 2.95. The van der Waals surface area contributed by atoms with Crippen LogP contribution in [0.25, 0.3) is 0 Å². The largest absolute Gasteiger partial charge is 0.465 e. The summed E-state index contributed by atoms with van der Waals surface area (Å²) in [6, 6.07) is 12.0. The molecule has 0 aromatic heterocycles. The maximum absolute atomic E-state index is 12.6. The van der Waals surface area contributed by atoms with Gasteiger partial charge in [-0.3, -0.25) is 4.79 Å². The molecular weight excluding hydrogens is 375 g/mol. The van der Waals surface area contributed by atoms with Gasteiger partial charge in [0.25, 0.3) is 5.91 Å². The Bertz CT molecular complexity index is 833. The molecule has 26 heavy (non-hydrogen) atoms. The third-order valence-electron chi connectivity index (χ3n) is 4.35. The van der Waals surface area contributed by atoms with Gasteiger partial charge in [0.05, 0.1) is 23.4 Å². The topological polar surface area (TPSA) is 49.9 Å². The van der Waals surface area contributed by atoms with Gasteiger partial charge in [0, 0.05) is 36.8 Å². The Morgan fingerprint density at radius 2 is 1.69 bits per heavy atom. The molecule has 0 radical (unpaired) electrons. The Balaban J connectivity index is 1.71. The maximum Gasteiger partial charge on any atom is 0.337 e. The highest BCUT2D eigenvalue weighted by Gasteiger charge is 2.24. The van der Waals surface area contributed by atoms with Gasteiger partial charge in [-0.1, -0.05) is 29.3 Å². The highest BCUT2D eigenvalue weighted by atomic mass is 35.5. The highest BCUT2D eigenvalue weighted by molar-refractivity contribution is 6.33. The minimum absolute atomic E-state index is 0.0402. The Morgan fingerprint density at radius 3 is 2.35 bits per heavy atom. The van der Waals surface area contributed by atoms with Gasteiger partial charge < -0.3 is 14.5 Å². The molecule has 1 aliphatic rings. The van der Waals surface area contributed by atoms with E-state index in [4.69, 9.17) is 27.9 Å². The van der Waals surface area contributed by atoms with Crippen molar-refractivity contribution in [2.24, 2.45) is 0 Å². The number of anilines is 1. The van der Waals surface area contributed by atoms with Crippen LogP contribution >= 0.6 is 23.2 Å². The monoisotopic (exact) mass is 392 g/mol.